The van der Waals surface area contributed by atoms with Gasteiger partial charge in [0.2, 0.25) is 5.91 Å². The summed E-state index contributed by atoms with van der Waals surface area (Å²) in [5.74, 6) is 0.196. The summed E-state index contributed by atoms with van der Waals surface area (Å²) in [5.41, 5.74) is 0.630. The molecular formula is C14H12FNO3. The van der Waals surface area contributed by atoms with Crippen LogP contribution in [-0.2, 0) is 9.59 Å². The molecule has 0 bridgehead atoms. The first-order chi connectivity index (χ1) is 9.02. The molecular weight excluding hydrogens is 249 g/mol. The Kier molecular flexibility index (Phi) is 5.30. The first-order valence-corrected chi connectivity index (χ1v) is 5.40. The normalized spacial score (nSPS) is 10.1. The lowest BCUT2D eigenvalue weighted by Gasteiger charge is -2.15. The topological polar surface area (TPSA) is 57.6 Å². The molecule has 0 aliphatic heterocycles. The van der Waals surface area contributed by atoms with Gasteiger partial charge in [0, 0.05) is 6.08 Å². The minimum absolute atomic E-state index is 0.0844. The van der Waals surface area contributed by atoms with Gasteiger partial charge in [-0.2, -0.15) is 0 Å². The number of carboxylic acids is 1. The van der Waals surface area contributed by atoms with Gasteiger partial charge < -0.3 is 10.0 Å². The van der Waals surface area contributed by atoms with Gasteiger partial charge in [0.15, 0.2) is 0 Å². The molecule has 1 aromatic rings. The second kappa shape index (κ2) is 6.97. The van der Waals surface area contributed by atoms with Gasteiger partial charge in [-0.1, -0.05) is 18.1 Å². The molecule has 4 nitrogen and oxygen atoms in total. The number of hydrogen-bond acceptors (Lipinski definition) is 2. The number of nitrogens with zero attached hydrogens (tertiary/aromatic N) is 1. The van der Waals surface area contributed by atoms with Gasteiger partial charge in [-0.3, -0.25) is 9.59 Å². The Morgan fingerprint density at radius 3 is 2.53 bits per heavy atom. The van der Waals surface area contributed by atoms with E-state index in [0.717, 1.165) is 4.90 Å². The van der Waals surface area contributed by atoms with Crippen molar-refractivity contribution in [3.05, 3.63) is 41.7 Å². The number of rotatable bonds is 5. The zero-order valence-electron chi connectivity index (χ0n) is 10.0. The molecule has 5 heteroatoms. The van der Waals surface area contributed by atoms with Gasteiger partial charge in [0.1, 0.15) is 12.4 Å². The molecule has 0 radical (unpaired) electrons. The van der Waals surface area contributed by atoms with E-state index in [9.17, 15) is 14.0 Å². The van der Waals surface area contributed by atoms with Crippen molar-refractivity contribution in [3.63, 3.8) is 0 Å². The Hall–Kier alpha value is -2.61. The molecule has 19 heavy (non-hydrogen) atoms. The fraction of sp³-hybridized carbons (Fsp3) is 0.143. The van der Waals surface area contributed by atoms with E-state index < -0.39 is 18.4 Å². The van der Waals surface area contributed by atoms with Gasteiger partial charge in [-0.25, -0.2) is 4.39 Å². The van der Waals surface area contributed by atoms with E-state index in [-0.39, 0.29) is 12.4 Å². The lowest BCUT2D eigenvalue weighted by molar-refractivity contribution is -0.142. The Balaban J connectivity index is 2.73. The van der Waals surface area contributed by atoms with Crippen molar-refractivity contribution in [3.8, 4) is 12.3 Å². The minimum Gasteiger partial charge on any atom is -0.480 e. The summed E-state index contributed by atoms with van der Waals surface area (Å²) >= 11 is 0. The fourth-order valence-electron chi connectivity index (χ4n) is 1.33. The molecule has 1 aromatic carbocycles. The third kappa shape index (κ3) is 5.04. The third-order valence-corrected chi connectivity index (χ3v) is 2.21. The molecule has 0 aliphatic rings. The number of carbonyl (C=O) groups is 2. The van der Waals surface area contributed by atoms with E-state index in [1.165, 1.54) is 36.4 Å². The van der Waals surface area contributed by atoms with Crippen LogP contribution in [0.3, 0.4) is 0 Å². The van der Waals surface area contributed by atoms with E-state index in [1.807, 2.05) is 0 Å². The fourth-order valence-corrected chi connectivity index (χ4v) is 1.33. The molecule has 0 aliphatic carbocycles. The SMILES string of the molecule is C#CCN(CC(=O)O)C(=O)C=Cc1ccc(F)cc1. The summed E-state index contributed by atoms with van der Waals surface area (Å²) in [7, 11) is 0. The number of halogens is 1. The van der Waals surface area contributed by atoms with Gasteiger partial charge >= 0.3 is 5.97 Å². The van der Waals surface area contributed by atoms with Crippen molar-refractivity contribution < 1.29 is 19.1 Å². The number of terminal acetylenes is 1. The van der Waals surface area contributed by atoms with Crippen molar-refractivity contribution >= 4 is 18.0 Å². The highest BCUT2D eigenvalue weighted by Crippen LogP contribution is 2.05. The summed E-state index contributed by atoms with van der Waals surface area (Å²) in [6.07, 6.45) is 7.73. The smallest absolute Gasteiger partial charge is 0.323 e. The maximum Gasteiger partial charge on any atom is 0.323 e. The predicted molar refractivity (Wildman–Crippen MR) is 68.5 cm³/mol. The first kappa shape index (κ1) is 14.5. The second-order valence-corrected chi connectivity index (χ2v) is 3.68. The number of benzene rings is 1. The summed E-state index contributed by atoms with van der Waals surface area (Å²) in [6, 6.07) is 5.53. The van der Waals surface area contributed by atoms with Gasteiger partial charge in [0.25, 0.3) is 0 Å². The molecule has 1 N–H and O–H groups in total. The average molecular weight is 261 g/mol. The molecule has 0 saturated carbocycles. The number of amides is 1. The van der Waals surface area contributed by atoms with Crippen LogP contribution < -0.4 is 0 Å². The van der Waals surface area contributed by atoms with Crippen LogP contribution >= 0.6 is 0 Å². The van der Waals surface area contributed by atoms with Crippen molar-refractivity contribution in [2.24, 2.45) is 0 Å². The van der Waals surface area contributed by atoms with Gasteiger partial charge in [0.05, 0.1) is 6.54 Å². The van der Waals surface area contributed by atoms with E-state index in [4.69, 9.17) is 11.5 Å². The van der Waals surface area contributed by atoms with Crippen LogP contribution in [0.1, 0.15) is 5.56 Å². The van der Waals surface area contributed by atoms with Crippen LogP contribution in [0.5, 0.6) is 0 Å². The van der Waals surface area contributed by atoms with Gasteiger partial charge in [-0.15, -0.1) is 6.42 Å². The van der Waals surface area contributed by atoms with Gasteiger partial charge in [-0.05, 0) is 23.8 Å². The standard InChI is InChI=1S/C14H12FNO3/c1-2-9-16(10-14(18)19)13(17)8-5-11-3-6-12(15)7-4-11/h1,3-8H,9-10H2,(H,18,19). The number of carbonyl (C=O) groups excluding carboxylic acids is 1. The maximum absolute atomic E-state index is 12.7. The Morgan fingerprint density at radius 2 is 2.00 bits per heavy atom. The average Bonchev–Trinajstić information content (AvgIpc) is 2.37. The minimum atomic E-state index is -1.14. The number of carboxylic acid groups (broad SMARTS) is 1. The molecule has 0 saturated heterocycles. The zero-order chi connectivity index (χ0) is 14.3. The van der Waals surface area contributed by atoms with Crippen molar-refractivity contribution in [1.29, 1.82) is 0 Å². The second-order valence-electron chi connectivity index (χ2n) is 3.68. The predicted octanol–water partition coefficient (Wildman–Crippen LogP) is 1.39. The number of aliphatic carboxylic acids is 1. The molecule has 0 atom stereocenters. The zero-order valence-corrected chi connectivity index (χ0v) is 10.0. The number of hydrogen-bond donors (Lipinski definition) is 1. The molecule has 0 aromatic heterocycles. The monoisotopic (exact) mass is 261 g/mol. The molecule has 1 amide bonds. The van der Waals surface area contributed by atoms with Crippen LogP contribution in [-0.4, -0.2) is 35.0 Å². The van der Waals surface area contributed by atoms with Crippen LogP contribution in [0.2, 0.25) is 0 Å². The molecule has 0 spiro atoms. The highest BCUT2D eigenvalue weighted by atomic mass is 19.1. The van der Waals surface area contributed by atoms with Crippen LogP contribution in [0.15, 0.2) is 30.3 Å². The highest BCUT2D eigenvalue weighted by Gasteiger charge is 2.12. The summed E-state index contributed by atoms with van der Waals surface area (Å²) in [5, 5.41) is 8.65. The third-order valence-electron chi connectivity index (χ3n) is 2.21. The van der Waals surface area contributed by atoms with E-state index >= 15 is 0 Å². The summed E-state index contributed by atoms with van der Waals surface area (Å²) in [6.45, 7) is -0.546. The lowest BCUT2D eigenvalue weighted by Crippen LogP contribution is -2.34. The molecule has 0 heterocycles. The van der Waals surface area contributed by atoms with Crippen molar-refractivity contribution in [2.75, 3.05) is 13.1 Å². The first-order valence-electron chi connectivity index (χ1n) is 5.40. The molecule has 98 valence electrons. The highest BCUT2D eigenvalue weighted by molar-refractivity contribution is 5.93. The van der Waals surface area contributed by atoms with Crippen molar-refractivity contribution in [2.45, 2.75) is 0 Å². The van der Waals surface area contributed by atoms with Crippen LogP contribution in [0.25, 0.3) is 6.08 Å². The van der Waals surface area contributed by atoms with Crippen LogP contribution in [0.4, 0.5) is 4.39 Å². The quantitative estimate of drug-likeness (QED) is 0.643. The summed E-state index contributed by atoms with van der Waals surface area (Å²) < 4.78 is 12.7. The molecule has 0 unspecified atom stereocenters. The molecule has 0 fully saturated rings. The van der Waals surface area contributed by atoms with Crippen LogP contribution in [0, 0.1) is 18.2 Å². The van der Waals surface area contributed by atoms with Crippen molar-refractivity contribution in [1.82, 2.24) is 4.90 Å². The Labute approximate surface area is 110 Å². The lowest BCUT2D eigenvalue weighted by atomic mass is 10.2. The van der Waals surface area contributed by atoms with E-state index in [1.54, 1.807) is 0 Å². The van der Waals surface area contributed by atoms with E-state index in [2.05, 4.69) is 5.92 Å². The Bertz CT molecular complexity index is 529. The largest absolute Gasteiger partial charge is 0.480 e. The molecule has 1 rings (SSSR count). The van der Waals surface area contributed by atoms with E-state index in [0.29, 0.717) is 5.56 Å². The maximum atomic E-state index is 12.7. The Morgan fingerprint density at radius 1 is 1.37 bits per heavy atom. The summed E-state index contributed by atoms with van der Waals surface area (Å²) in [4.78, 5) is 23.3.